The summed E-state index contributed by atoms with van der Waals surface area (Å²) in [6.07, 6.45) is 3.86. The van der Waals surface area contributed by atoms with Crippen LogP contribution in [0, 0.1) is 18.3 Å². The van der Waals surface area contributed by atoms with Crippen LogP contribution < -0.4 is 5.32 Å². The van der Waals surface area contributed by atoms with Crippen molar-refractivity contribution in [3.8, 4) is 6.07 Å². The third-order valence-electron chi connectivity index (χ3n) is 2.86. The highest BCUT2D eigenvalue weighted by atomic mass is 32.2. The fourth-order valence-corrected chi connectivity index (χ4v) is 2.75. The molecule has 2 rings (SSSR count). The van der Waals surface area contributed by atoms with Crippen LogP contribution in [0.25, 0.3) is 0 Å². The summed E-state index contributed by atoms with van der Waals surface area (Å²) >= 11 is 1.69. The minimum absolute atomic E-state index is 0.732. The van der Waals surface area contributed by atoms with E-state index in [0.717, 1.165) is 40.6 Å². The maximum absolute atomic E-state index is 9.32. The van der Waals surface area contributed by atoms with Gasteiger partial charge in [0.1, 0.15) is 6.07 Å². The first kappa shape index (κ1) is 14.5. The summed E-state index contributed by atoms with van der Waals surface area (Å²) in [4.78, 5) is 1.04. The average Bonchev–Trinajstić information content (AvgIpc) is 2.85. The van der Waals surface area contributed by atoms with Crippen LogP contribution in [0.5, 0.6) is 0 Å². The number of nitrogens with zero attached hydrogens (tertiary/aromatic N) is 3. The summed E-state index contributed by atoms with van der Waals surface area (Å²) in [7, 11) is 0. The highest BCUT2D eigenvalue weighted by Gasteiger charge is 2.07. The molecule has 20 heavy (non-hydrogen) atoms. The lowest BCUT2D eigenvalue weighted by Gasteiger charge is -2.11. The smallest absolute Gasteiger partial charge is 0.102 e. The fraction of sp³-hybridized carbons (Fsp3) is 0.333. The molecule has 0 aliphatic heterocycles. The quantitative estimate of drug-likeness (QED) is 0.828. The number of thioether (sulfide) groups is 1. The first-order chi connectivity index (χ1) is 9.74. The van der Waals surface area contributed by atoms with E-state index >= 15 is 0 Å². The molecular weight excluding hydrogens is 268 g/mol. The van der Waals surface area contributed by atoms with Gasteiger partial charge in [-0.3, -0.25) is 4.68 Å². The van der Waals surface area contributed by atoms with Crippen LogP contribution in [0.1, 0.15) is 18.1 Å². The zero-order valence-corrected chi connectivity index (χ0v) is 12.6. The Morgan fingerprint density at radius 1 is 1.45 bits per heavy atom. The molecule has 1 N–H and O–H groups in total. The summed E-state index contributed by atoms with van der Waals surface area (Å²) in [6.45, 7) is 5.64. The van der Waals surface area contributed by atoms with Gasteiger partial charge in [-0.05, 0) is 30.4 Å². The number of nitrogens with one attached hydrogen (secondary N) is 1. The van der Waals surface area contributed by atoms with Crippen molar-refractivity contribution in [1.29, 1.82) is 5.26 Å². The number of hydrogen-bond donors (Lipinski definition) is 1. The van der Waals surface area contributed by atoms with E-state index in [1.54, 1.807) is 11.8 Å². The third-order valence-corrected chi connectivity index (χ3v) is 3.80. The number of anilines is 1. The van der Waals surface area contributed by atoms with Gasteiger partial charge in [0.05, 0.1) is 24.0 Å². The van der Waals surface area contributed by atoms with Gasteiger partial charge >= 0.3 is 0 Å². The minimum Gasteiger partial charge on any atom is -0.382 e. The lowest BCUT2D eigenvalue weighted by atomic mass is 10.2. The summed E-state index contributed by atoms with van der Waals surface area (Å²) in [5, 5.41) is 16.9. The Morgan fingerprint density at radius 2 is 2.30 bits per heavy atom. The van der Waals surface area contributed by atoms with E-state index in [1.807, 2.05) is 42.2 Å². The number of hydrogen-bond acceptors (Lipinski definition) is 4. The maximum atomic E-state index is 9.32. The van der Waals surface area contributed by atoms with E-state index in [2.05, 4.69) is 23.4 Å². The molecule has 0 atom stereocenters. The van der Waals surface area contributed by atoms with Crippen molar-refractivity contribution < 1.29 is 0 Å². The summed E-state index contributed by atoms with van der Waals surface area (Å²) in [6, 6.07) is 8.23. The van der Waals surface area contributed by atoms with Gasteiger partial charge in [-0.25, -0.2) is 0 Å². The van der Waals surface area contributed by atoms with Crippen molar-refractivity contribution in [2.75, 3.05) is 17.6 Å². The molecule has 0 radical (unpaired) electrons. The van der Waals surface area contributed by atoms with Crippen molar-refractivity contribution in [1.82, 2.24) is 9.78 Å². The van der Waals surface area contributed by atoms with E-state index in [4.69, 9.17) is 0 Å². The highest BCUT2D eigenvalue weighted by molar-refractivity contribution is 7.99. The monoisotopic (exact) mass is 286 g/mol. The molecule has 1 aromatic heterocycles. The van der Waals surface area contributed by atoms with Crippen LogP contribution >= 0.6 is 11.8 Å². The number of nitriles is 1. The first-order valence-corrected chi connectivity index (χ1v) is 7.62. The van der Waals surface area contributed by atoms with Gasteiger partial charge < -0.3 is 5.32 Å². The molecule has 0 fully saturated rings. The van der Waals surface area contributed by atoms with Crippen LogP contribution in [0.2, 0.25) is 0 Å². The Kier molecular flexibility index (Phi) is 5.08. The molecular formula is C15H18N4S. The lowest BCUT2D eigenvalue weighted by Crippen LogP contribution is -2.11. The summed E-state index contributed by atoms with van der Waals surface area (Å²) < 4.78 is 1.90. The van der Waals surface area contributed by atoms with Crippen molar-refractivity contribution in [2.24, 2.45) is 0 Å². The Hall–Kier alpha value is -1.93. The average molecular weight is 286 g/mol. The Balaban J connectivity index is 2.02. The predicted molar refractivity (Wildman–Crippen MR) is 83.0 cm³/mol. The van der Waals surface area contributed by atoms with Gasteiger partial charge in [0.15, 0.2) is 0 Å². The molecule has 1 aromatic carbocycles. The van der Waals surface area contributed by atoms with Crippen molar-refractivity contribution in [2.45, 2.75) is 25.3 Å². The Labute approximate surface area is 123 Å². The highest BCUT2D eigenvalue weighted by Crippen LogP contribution is 2.27. The zero-order valence-electron chi connectivity index (χ0n) is 11.8. The molecule has 1 heterocycles. The molecule has 0 bridgehead atoms. The molecule has 0 unspecified atom stereocenters. The van der Waals surface area contributed by atoms with Crippen LogP contribution in [0.15, 0.2) is 35.5 Å². The van der Waals surface area contributed by atoms with Crippen LogP contribution in [-0.4, -0.2) is 22.1 Å². The second-order valence-corrected chi connectivity index (χ2v) is 5.74. The lowest BCUT2D eigenvalue weighted by molar-refractivity contribution is 0.637. The third kappa shape index (κ3) is 3.55. The normalized spacial score (nSPS) is 10.2. The molecule has 0 aliphatic rings. The summed E-state index contributed by atoms with van der Waals surface area (Å²) in [5.74, 6) is 0.963. The number of benzene rings is 1. The number of aromatic nitrogens is 2. The van der Waals surface area contributed by atoms with Crippen molar-refractivity contribution in [3.63, 3.8) is 0 Å². The fourth-order valence-electron chi connectivity index (χ4n) is 1.96. The molecule has 0 spiro atoms. The van der Waals surface area contributed by atoms with Gasteiger partial charge in [0, 0.05) is 17.6 Å². The molecule has 0 saturated carbocycles. The molecule has 0 saturated heterocycles. The van der Waals surface area contributed by atoms with E-state index < -0.39 is 0 Å². The van der Waals surface area contributed by atoms with Crippen LogP contribution in [0.3, 0.4) is 0 Å². The SMILES string of the molecule is CCSc1cccc(NCCn2cc(C)cn2)c1C#N. The molecule has 4 nitrogen and oxygen atoms in total. The van der Waals surface area contributed by atoms with E-state index in [9.17, 15) is 5.26 Å². The predicted octanol–water partition coefficient (Wildman–Crippen LogP) is 3.29. The molecule has 5 heteroatoms. The van der Waals surface area contributed by atoms with Crippen LogP contribution in [-0.2, 0) is 6.54 Å². The zero-order chi connectivity index (χ0) is 14.4. The molecule has 104 valence electrons. The van der Waals surface area contributed by atoms with Crippen LogP contribution in [0.4, 0.5) is 5.69 Å². The minimum atomic E-state index is 0.732. The number of aryl methyl sites for hydroxylation is 1. The van der Waals surface area contributed by atoms with Gasteiger partial charge in [0.2, 0.25) is 0 Å². The van der Waals surface area contributed by atoms with E-state index in [0.29, 0.717) is 0 Å². The molecule has 0 aliphatic carbocycles. The van der Waals surface area contributed by atoms with Gasteiger partial charge in [-0.1, -0.05) is 13.0 Å². The Bertz CT molecular complexity index is 613. The topological polar surface area (TPSA) is 53.6 Å². The van der Waals surface area contributed by atoms with E-state index in [-0.39, 0.29) is 0 Å². The second-order valence-electron chi connectivity index (χ2n) is 4.43. The number of rotatable bonds is 6. The first-order valence-electron chi connectivity index (χ1n) is 6.63. The second kappa shape index (κ2) is 7.01. The Morgan fingerprint density at radius 3 is 2.95 bits per heavy atom. The molecule has 2 aromatic rings. The van der Waals surface area contributed by atoms with Crippen molar-refractivity contribution in [3.05, 3.63) is 41.7 Å². The molecule has 0 amide bonds. The van der Waals surface area contributed by atoms with Crippen molar-refractivity contribution >= 4 is 17.4 Å². The van der Waals surface area contributed by atoms with E-state index in [1.165, 1.54) is 0 Å². The van der Waals surface area contributed by atoms with Gasteiger partial charge in [-0.15, -0.1) is 11.8 Å². The standard InChI is InChI=1S/C15H18N4S/c1-3-20-15-6-4-5-14(13(15)9-16)17-7-8-19-11-12(2)10-18-19/h4-6,10-11,17H,3,7-8H2,1-2H3. The largest absolute Gasteiger partial charge is 0.382 e. The van der Waals surface area contributed by atoms with Gasteiger partial charge in [-0.2, -0.15) is 10.4 Å². The van der Waals surface area contributed by atoms with Gasteiger partial charge in [0.25, 0.3) is 0 Å². The summed E-state index contributed by atoms with van der Waals surface area (Å²) in [5.41, 5.74) is 2.79. The maximum Gasteiger partial charge on any atom is 0.102 e.